The molecule has 0 bridgehead atoms. The highest BCUT2D eigenvalue weighted by atomic mass is 16.5. The van der Waals surface area contributed by atoms with E-state index >= 15 is 0 Å². The van der Waals surface area contributed by atoms with Crippen LogP contribution in [0.15, 0.2) is 72.8 Å². The van der Waals surface area contributed by atoms with Crippen LogP contribution in [0.25, 0.3) is 10.8 Å². The largest absolute Gasteiger partial charge is 0.454 e. The van der Waals surface area contributed by atoms with Crippen molar-refractivity contribution in [1.82, 2.24) is 16.0 Å². The Bertz CT molecular complexity index is 1190. The Morgan fingerprint density at radius 1 is 0.829 bits per heavy atom. The zero-order valence-electron chi connectivity index (χ0n) is 19.7. The van der Waals surface area contributed by atoms with E-state index in [-0.39, 0.29) is 24.8 Å². The van der Waals surface area contributed by atoms with Gasteiger partial charge in [0.25, 0.3) is 5.91 Å². The molecule has 3 aromatic carbocycles. The fourth-order valence-electron chi connectivity index (χ4n) is 3.55. The lowest BCUT2D eigenvalue weighted by Crippen LogP contribution is -2.47. The number of hydrogen-bond acceptors (Lipinski definition) is 5. The molecular weight excluding hydrogens is 446 g/mol. The van der Waals surface area contributed by atoms with Crippen molar-refractivity contribution in [2.24, 2.45) is 5.92 Å². The van der Waals surface area contributed by atoms with E-state index in [4.69, 9.17) is 4.74 Å². The topological polar surface area (TPSA) is 114 Å². The zero-order chi connectivity index (χ0) is 25.2. The first-order chi connectivity index (χ1) is 16.8. The maximum absolute atomic E-state index is 12.7. The molecule has 35 heavy (non-hydrogen) atoms. The fraction of sp³-hybridized carbons (Fsp3) is 0.259. The summed E-state index contributed by atoms with van der Waals surface area (Å²) in [6, 6.07) is 21.1. The molecule has 3 rings (SSSR count). The van der Waals surface area contributed by atoms with Gasteiger partial charge in [-0.1, -0.05) is 86.6 Å². The number of ether oxygens (including phenoxy) is 1. The average Bonchev–Trinajstić information content (AvgIpc) is 2.85. The smallest absolute Gasteiger partial charge is 0.329 e. The Hall–Kier alpha value is -4.20. The highest BCUT2D eigenvalue weighted by Gasteiger charge is 2.26. The third kappa shape index (κ3) is 7.67. The van der Waals surface area contributed by atoms with Crippen molar-refractivity contribution < 1.29 is 23.9 Å². The van der Waals surface area contributed by atoms with Gasteiger partial charge >= 0.3 is 12.0 Å². The van der Waals surface area contributed by atoms with Gasteiger partial charge in [0, 0.05) is 6.54 Å². The number of urea groups is 1. The van der Waals surface area contributed by atoms with Crippen molar-refractivity contribution >= 4 is 34.6 Å². The van der Waals surface area contributed by atoms with Gasteiger partial charge in [0.2, 0.25) is 5.91 Å². The maximum Gasteiger partial charge on any atom is 0.329 e. The number of carbonyl (C=O) groups excluding carboxylic acids is 4. The van der Waals surface area contributed by atoms with E-state index in [0.717, 1.165) is 21.9 Å². The second-order valence-electron chi connectivity index (χ2n) is 8.43. The number of nitrogens with one attached hydrogen (secondary N) is 3. The first kappa shape index (κ1) is 25.4. The molecule has 8 nitrogen and oxygen atoms in total. The molecule has 0 unspecified atom stereocenters. The fourth-order valence-corrected chi connectivity index (χ4v) is 3.55. The summed E-state index contributed by atoms with van der Waals surface area (Å²) in [4.78, 5) is 49.2. The number of imide groups is 1. The molecule has 0 aliphatic heterocycles. The standard InChI is InChI=1S/C27H29N3O5/c1-18(2)25(29-23(31)15-21-13-8-12-20-11-6-7-14-22(20)21)26(33)35-17-24(32)30-27(34)28-16-19-9-4-3-5-10-19/h3-14,18,25H,15-17H2,1-2H3,(H,29,31)(H2,28,30,32,34)/t25-/m0/s1. The first-order valence-electron chi connectivity index (χ1n) is 11.4. The summed E-state index contributed by atoms with van der Waals surface area (Å²) in [6.07, 6.45) is 0.0971. The van der Waals surface area contributed by atoms with Crippen LogP contribution < -0.4 is 16.0 Å². The SMILES string of the molecule is CC(C)[C@H](NC(=O)Cc1cccc2ccccc12)C(=O)OCC(=O)NC(=O)NCc1ccccc1. The van der Waals surface area contributed by atoms with E-state index in [9.17, 15) is 19.2 Å². The first-order valence-corrected chi connectivity index (χ1v) is 11.4. The molecule has 0 spiro atoms. The lowest BCUT2D eigenvalue weighted by molar-refractivity contribution is -0.152. The number of amides is 4. The van der Waals surface area contributed by atoms with Gasteiger partial charge in [-0.2, -0.15) is 0 Å². The minimum absolute atomic E-state index is 0.0971. The van der Waals surface area contributed by atoms with Gasteiger partial charge in [-0.3, -0.25) is 14.9 Å². The molecular formula is C27H29N3O5. The van der Waals surface area contributed by atoms with Crippen LogP contribution in [0.3, 0.4) is 0 Å². The second-order valence-corrected chi connectivity index (χ2v) is 8.43. The molecule has 4 amide bonds. The summed E-state index contributed by atoms with van der Waals surface area (Å²) < 4.78 is 5.07. The summed E-state index contributed by atoms with van der Waals surface area (Å²) in [5.74, 6) is -2.11. The van der Waals surface area contributed by atoms with Crippen molar-refractivity contribution in [2.75, 3.05) is 6.61 Å². The molecule has 0 saturated heterocycles. The number of carbonyl (C=O) groups is 4. The van der Waals surface area contributed by atoms with Crippen LogP contribution in [-0.2, 0) is 32.1 Å². The number of hydrogen-bond donors (Lipinski definition) is 3. The molecule has 0 fully saturated rings. The summed E-state index contributed by atoms with van der Waals surface area (Å²) >= 11 is 0. The van der Waals surface area contributed by atoms with Crippen LogP contribution in [0, 0.1) is 5.92 Å². The van der Waals surface area contributed by atoms with Gasteiger partial charge in [0.05, 0.1) is 6.42 Å². The van der Waals surface area contributed by atoms with E-state index < -0.39 is 30.6 Å². The Balaban J connectivity index is 1.48. The van der Waals surface area contributed by atoms with E-state index in [0.29, 0.717) is 0 Å². The quantitative estimate of drug-likeness (QED) is 0.412. The monoisotopic (exact) mass is 475 g/mol. The Morgan fingerprint density at radius 3 is 2.26 bits per heavy atom. The molecule has 1 atom stereocenters. The van der Waals surface area contributed by atoms with Gasteiger partial charge < -0.3 is 15.4 Å². The van der Waals surface area contributed by atoms with Crippen LogP contribution in [-0.4, -0.2) is 36.5 Å². The number of fused-ring (bicyclic) bond motifs is 1. The predicted octanol–water partition coefficient (Wildman–Crippen LogP) is 3.09. The Morgan fingerprint density at radius 2 is 1.51 bits per heavy atom. The molecule has 0 aromatic heterocycles. The number of esters is 1. The molecule has 0 aliphatic carbocycles. The zero-order valence-corrected chi connectivity index (χ0v) is 19.7. The van der Waals surface area contributed by atoms with Crippen LogP contribution >= 0.6 is 0 Å². The number of benzene rings is 3. The minimum atomic E-state index is -0.933. The molecule has 3 aromatic rings. The Labute approximate surface area is 204 Å². The van der Waals surface area contributed by atoms with Gasteiger partial charge in [0.15, 0.2) is 6.61 Å². The van der Waals surface area contributed by atoms with Gasteiger partial charge in [-0.05, 0) is 27.8 Å². The molecule has 8 heteroatoms. The normalized spacial score (nSPS) is 11.5. The summed E-state index contributed by atoms with van der Waals surface area (Å²) in [7, 11) is 0. The van der Waals surface area contributed by atoms with E-state index in [1.54, 1.807) is 13.8 Å². The summed E-state index contributed by atoms with van der Waals surface area (Å²) in [5, 5.41) is 9.36. The van der Waals surface area contributed by atoms with Gasteiger partial charge in [0.1, 0.15) is 6.04 Å². The highest BCUT2D eigenvalue weighted by molar-refractivity contribution is 5.96. The van der Waals surface area contributed by atoms with E-state index in [2.05, 4.69) is 16.0 Å². The van der Waals surface area contributed by atoms with E-state index in [1.165, 1.54) is 0 Å². The highest BCUT2D eigenvalue weighted by Crippen LogP contribution is 2.19. The van der Waals surface area contributed by atoms with Crippen LogP contribution in [0.1, 0.15) is 25.0 Å². The third-order valence-corrected chi connectivity index (χ3v) is 5.36. The molecule has 0 heterocycles. The lowest BCUT2D eigenvalue weighted by Gasteiger charge is -2.21. The maximum atomic E-state index is 12.7. The lowest BCUT2D eigenvalue weighted by atomic mass is 10.0. The second kappa shape index (κ2) is 12.3. The van der Waals surface area contributed by atoms with Crippen LogP contribution in [0.2, 0.25) is 0 Å². The third-order valence-electron chi connectivity index (χ3n) is 5.36. The van der Waals surface area contributed by atoms with Crippen LogP contribution in [0.4, 0.5) is 4.79 Å². The van der Waals surface area contributed by atoms with Crippen molar-refractivity contribution in [1.29, 1.82) is 0 Å². The number of rotatable bonds is 9. The Kier molecular flexibility index (Phi) is 8.95. The van der Waals surface area contributed by atoms with Gasteiger partial charge in [-0.15, -0.1) is 0 Å². The minimum Gasteiger partial charge on any atom is -0.454 e. The van der Waals surface area contributed by atoms with Crippen molar-refractivity contribution in [3.63, 3.8) is 0 Å². The molecule has 3 N–H and O–H groups in total. The van der Waals surface area contributed by atoms with Crippen molar-refractivity contribution in [3.8, 4) is 0 Å². The average molecular weight is 476 g/mol. The van der Waals surface area contributed by atoms with Crippen LogP contribution in [0.5, 0.6) is 0 Å². The molecule has 0 radical (unpaired) electrons. The summed E-state index contributed by atoms with van der Waals surface area (Å²) in [6.45, 7) is 3.14. The molecule has 0 saturated carbocycles. The molecule has 182 valence electrons. The van der Waals surface area contributed by atoms with Gasteiger partial charge in [-0.25, -0.2) is 9.59 Å². The van der Waals surface area contributed by atoms with Crippen molar-refractivity contribution in [3.05, 3.63) is 83.9 Å². The predicted molar refractivity (Wildman–Crippen MR) is 132 cm³/mol. The summed E-state index contributed by atoms with van der Waals surface area (Å²) in [5.41, 5.74) is 1.72. The molecule has 0 aliphatic rings. The van der Waals surface area contributed by atoms with Crippen molar-refractivity contribution in [2.45, 2.75) is 32.9 Å². The van der Waals surface area contributed by atoms with E-state index in [1.807, 2.05) is 72.8 Å².